The molecule has 3 rings (SSSR count). The smallest absolute Gasteiger partial charge is 0.252 e. The third-order valence-electron chi connectivity index (χ3n) is 4.21. The standard InChI is InChI=1S/C21H14ClF2N3O/c1-12-8-14(2-3-15(12)10-25)21(28)27-20(19-7-5-16(22)11-26-19)13-4-6-17(23)18(24)9-13/h2-9,11,20H,1H3,(H,27,28)/t20-/m0/s1. The Bertz CT molecular complexity index is 1080. The minimum absolute atomic E-state index is 0.326. The lowest BCUT2D eigenvalue weighted by Gasteiger charge is -2.19. The van der Waals surface area contributed by atoms with Crippen molar-refractivity contribution < 1.29 is 13.6 Å². The zero-order valence-corrected chi connectivity index (χ0v) is 15.5. The number of hydrogen-bond donors (Lipinski definition) is 1. The summed E-state index contributed by atoms with van der Waals surface area (Å²) in [7, 11) is 0. The van der Waals surface area contributed by atoms with E-state index in [1.807, 2.05) is 6.07 Å². The van der Waals surface area contributed by atoms with Gasteiger partial charge in [0.15, 0.2) is 11.6 Å². The SMILES string of the molecule is Cc1cc(C(=O)N[C@@H](c2ccc(F)c(F)c2)c2ccc(Cl)cn2)ccc1C#N. The van der Waals surface area contributed by atoms with E-state index in [2.05, 4.69) is 10.3 Å². The highest BCUT2D eigenvalue weighted by atomic mass is 35.5. The Morgan fingerprint density at radius 3 is 2.54 bits per heavy atom. The zero-order chi connectivity index (χ0) is 20.3. The molecular formula is C21H14ClF2N3O. The van der Waals surface area contributed by atoms with Gasteiger partial charge in [-0.05, 0) is 60.5 Å². The van der Waals surface area contributed by atoms with Crippen LogP contribution in [0.5, 0.6) is 0 Å². The number of nitriles is 1. The van der Waals surface area contributed by atoms with E-state index in [-0.39, 0.29) is 0 Å². The van der Waals surface area contributed by atoms with Crippen molar-refractivity contribution in [2.45, 2.75) is 13.0 Å². The number of aromatic nitrogens is 1. The molecule has 1 heterocycles. The largest absolute Gasteiger partial charge is 0.340 e. The van der Waals surface area contributed by atoms with E-state index in [4.69, 9.17) is 16.9 Å². The second kappa shape index (κ2) is 8.15. The van der Waals surface area contributed by atoms with Gasteiger partial charge in [-0.2, -0.15) is 5.26 Å². The summed E-state index contributed by atoms with van der Waals surface area (Å²) in [6, 6.07) is 12.5. The van der Waals surface area contributed by atoms with Gasteiger partial charge in [-0.25, -0.2) is 8.78 Å². The van der Waals surface area contributed by atoms with Crippen LogP contribution < -0.4 is 5.32 Å². The van der Waals surface area contributed by atoms with E-state index >= 15 is 0 Å². The number of carbonyl (C=O) groups is 1. The maximum absolute atomic E-state index is 13.8. The third-order valence-corrected chi connectivity index (χ3v) is 4.43. The van der Waals surface area contributed by atoms with Crippen molar-refractivity contribution in [1.29, 1.82) is 5.26 Å². The van der Waals surface area contributed by atoms with Crippen LogP contribution in [0, 0.1) is 29.9 Å². The number of amides is 1. The summed E-state index contributed by atoms with van der Waals surface area (Å²) in [5, 5.41) is 12.2. The molecule has 2 aromatic carbocycles. The zero-order valence-electron chi connectivity index (χ0n) is 14.7. The first-order chi connectivity index (χ1) is 13.4. The number of halogens is 3. The van der Waals surface area contributed by atoms with Gasteiger partial charge in [-0.1, -0.05) is 17.7 Å². The second-order valence-electron chi connectivity index (χ2n) is 6.12. The molecule has 140 valence electrons. The lowest BCUT2D eigenvalue weighted by atomic mass is 10.0. The molecule has 0 aliphatic rings. The van der Waals surface area contributed by atoms with Crippen LogP contribution in [0.1, 0.15) is 38.8 Å². The van der Waals surface area contributed by atoms with Gasteiger partial charge in [-0.15, -0.1) is 0 Å². The van der Waals surface area contributed by atoms with E-state index in [1.54, 1.807) is 31.2 Å². The number of carbonyl (C=O) groups excluding carboxylic acids is 1. The van der Waals surface area contributed by atoms with Crippen molar-refractivity contribution in [3.8, 4) is 6.07 Å². The van der Waals surface area contributed by atoms with Crippen molar-refractivity contribution in [3.63, 3.8) is 0 Å². The highest BCUT2D eigenvalue weighted by Crippen LogP contribution is 2.24. The molecule has 4 nitrogen and oxygen atoms in total. The van der Waals surface area contributed by atoms with Crippen LogP contribution in [-0.2, 0) is 0 Å². The molecule has 0 unspecified atom stereocenters. The van der Waals surface area contributed by atoms with Crippen molar-refractivity contribution in [1.82, 2.24) is 10.3 Å². The number of aryl methyl sites for hydroxylation is 1. The summed E-state index contributed by atoms with van der Waals surface area (Å²) in [6.45, 7) is 1.73. The Balaban J connectivity index is 1.98. The summed E-state index contributed by atoms with van der Waals surface area (Å²) in [4.78, 5) is 16.9. The number of benzene rings is 2. The summed E-state index contributed by atoms with van der Waals surface area (Å²) in [5.41, 5.74) is 2.19. The van der Waals surface area contributed by atoms with Crippen LogP contribution >= 0.6 is 11.6 Å². The minimum Gasteiger partial charge on any atom is -0.340 e. The normalized spacial score (nSPS) is 11.5. The molecule has 1 N–H and O–H groups in total. The fourth-order valence-electron chi connectivity index (χ4n) is 2.72. The van der Waals surface area contributed by atoms with Crippen LogP contribution in [0.2, 0.25) is 5.02 Å². The molecule has 0 bridgehead atoms. The number of hydrogen-bond acceptors (Lipinski definition) is 3. The maximum atomic E-state index is 13.8. The molecule has 28 heavy (non-hydrogen) atoms. The Morgan fingerprint density at radius 2 is 1.93 bits per heavy atom. The predicted octanol–water partition coefficient (Wildman–Crippen LogP) is 4.71. The molecule has 0 aliphatic heterocycles. The number of nitrogens with zero attached hydrogens (tertiary/aromatic N) is 2. The molecule has 0 spiro atoms. The topological polar surface area (TPSA) is 65.8 Å². The quantitative estimate of drug-likeness (QED) is 0.693. The van der Waals surface area contributed by atoms with Crippen molar-refractivity contribution >= 4 is 17.5 Å². The minimum atomic E-state index is -1.03. The first kappa shape index (κ1) is 19.5. The number of nitrogens with one attached hydrogen (secondary N) is 1. The van der Waals surface area contributed by atoms with E-state index < -0.39 is 23.6 Å². The molecule has 0 fully saturated rings. The van der Waals surface area contributed by atoms with E-state index in [0.717, 1.165) is 12.1 Å². The molecule has 1 amide bonds. The van der Waals surface area contributed by atoms with Crippen LogP contribution in [0.15, 0.2) is 54.7 Å². The Morgan fingerprint density at radius 1 is 1.14 bits per heavy atom. The van der Waals surface area contributed by atoms with Gasteiger partial charge in [0.25, 0.3) is 5.91 Å². The molecular weight excluding hydrogens is 384 g/mol. The van der Waals surface area contributed by atoms with E-state index in [0.29, 0.717) is 33.0 Å². The predicted molar refractivity (Wildman–Crippen MR) is 101 cm³/mol. The van der Waals surface area contributed by atoms with Crippen LogP contribution in [0.4, 0.5) is 8.78 Å². The fourth-order valence-corrected chi connectivity index (χ4v) is 2.83. The van der Waals surface area contributed by atoms with Gasteiger partial charge in [0.2, 0.25) is 0 Å². The first-order valence-corrected chi connectivity index (χ1v) is 8.65. The summed E-state index contributed by atoms with van der Waals surface area (Å²) >= 11 is 5.87. The number of rotatable bonds is 4. The van der Waals surface area contributed by atoms with Gasteiger partial charge >= 0.3 is 0 Å². The number of pyridine rings is 1. The highest BCUT2D eigenvalue weighted by Gasteiger charge is 2.21. The van der Waals surface area contributed by atoms with Gasteiger partial charge < -0.3 is 5.32 Å². The van der Waals surface area contributed by atoms with Crippen LogP contribution in [-0.4, -0.2) is 10.9 Å². The van der Waals surface area contributed by atoms with E-state index in [1.165, 1.54) is 18.3 Å². The monoisotopic (exact) mass is 397 g/mol. The van der Waals surface area contributed by atoms with Crippen molar-refractivity contribution in [2.75, 3.05) is 0 Å². The Labute approximate surface area is 165 Å². The van der Waals surface area contributed by atoms with Crippen LogP contribution in [0.3, 0.4) is 0 Å². The van der Waals surface area contributed by atoms with Crippen LogP contribution in [0.25, 0.3) is 0 Å². The Kier molecular flexibility index (Phi) is 5.67. The lowest BCUT2D eigenvalue weighted by Crippen LogP contribution is -2.30. The third kappa shape index (κ3) is 4.16. The van der Waals surface area contributed by atoms with Gasteiger partial charge in [0.05, 0.1) is 28.4 Å². The maximum Gasteiger partial charge on any atom is 0.252 e. The molecule has 1 atom stereocenters. The average molecular weight is 398 g/mol. The average Bonchev–Trinajstić information content (AvgIpc) is 2.69. The molecule has 0 aliphatic carbocycles. The van der Waals surface area contributed by atoms with Gasteiger partial charge in [0.1, 0.15) is 0 Å². The Hall–Kier alpha value is -3.30. The molecule has 0 saturated carbocycles. The second-order valence-corrected chi connectivity index (χ2v) is 6.56. The summed E-state index contributed by atoms with van der Waals surface area (Å²) in [5.74, 6) is -2.46. The first-order valence-electron chi connectivity index (χ1n) is 8.27. The van der Waals surface area contributed by atoms with Gasteiger partial charge in [-0.3, -0.25) is 9.78 Å². The summed E-state index contributed by atoms with van der Waals surface area (Å²) in [6.07, 6.45) is 1.40. The van der Waals surface area contributed by atoms with Crippen molar-refractivity contribution in [2.24, 2.45) is 0 Å². The molecule has 3 aromatic rings. The van der Waals surface area contributed by atoms with Gasteiger partial charge in [0, 0.05) is 11.8 Å². The molecule has 1 aromatic heterocycles. The highest BCUT2D eigenvalue weighted by molar-refractivity contribution is 6.30. The molecule has 0 saturated heterocycles. The van der Waals surface area contributed by atoms with E-state index in [9.17, 15) is 13.6 Å². The summed E-state index contributed by atoms with van der Waals surface area (Å²) < 4.78 is 27.1. The van der Waals surface area contributed by atoms with Crippen molar-refractivity contribution in [3.05, 3.63) is 99.3 Å². The fraction of sp³-hybridized carbons (Fsp3) is 0.0952. The molecule has 7 heteroatoms. The molecule has 0 radical (unpaired) electrons. The lowest BCUT2D eigenvalue weighted by molar-refractivity contribution is 0.0942.